The van der Waals surface area contributed by atoms with E-state index < -0.39 is 69.7 Å². The number of ether oxygens (including phenoxy) is 1. The number of hydrogen-bond acceptors (Lipinski definition) is 12. The molecule has 0 heterocycles. The van der Waals surface area contributed by atoms with Crippen molar-refractivity contribution in [3.8, 4) is 0 Å². The molecule has 0 saturated heterocycles. The van der Waals surface area contributed by atoms with E-state index >= 15 is 0 Å². The van der Waals surface area contributed by atoms with E-state index in [0.717, 1.165) is 38.5 Å². The molecule has 0 spiro atoms. The van der Waals surface area contributed by atoms with E-state index in [2.05, 4.69) is 28.1 Å². The molecule has 0 aliphatic heterocycles. The third kappa shape index (κ3) is 17.1. The van der Waals surface area contributed by atoms with Crippen LogP contribution in [0.5, 0.6) is 0 Å². The molecule has 6 unspecified atom stereocenters. The maximum atomic E-state index is 12.0. The van der Waals surface area contributed by atoms with Gasteiger partial charge in [0.15, 0.2) is 0 Å². The predicted molar refractivity (Wildman–Crippen MR) is 151 cm³/mol. The molecule has 10 N–H and O–H groups in total. The van der Waals surface area contributed by atoms with Crippen LogP contribution < -0.4 is 11.0 Å². The van der Waals surface area contributed by atoms with Crippen LogP contribution >= 0.6 is 7.82 Å². The molecule has 41 heavy (non-hydrogen) atoms. The Bertz CT molecular complexity index is 742. The van der Waals surface area contributed by atoms with Crippen LogP contribution in [0.2, 0.25) is 0 Å². The fraction of sp³-hybridized carbons (Fsp3) is 0.889. The van der Waals surface area contributed by atoms with E-state index in [1.165, 1.54) is 38.5 Å². The molecule has 1 saturated carbocycles. The van der Waals surface area contributed by atoms with Crippen LogP contribution in [0.25, 0.3) is 0 Å². The average molecular weight is 616 g/mol. The van der Waals surface area contributed by atoms with Crippen molar-refractivity contribution in [2.75, 3.05) is 13.2 Å². The molecule has 0 radical (unpaired) electrons. The first kappa shape index (κ1) is 40.0. The lowest BCUT2D eigenvalue weighted by Gasteiger charge is -2.43. The van der Waals surface area contributed by atoms with Gasteiger partial charge in [0.1, 0.15) is 49.3 Å². The summed E-state index contributed by atoms with van der Waals surface area (Å²) in [6, 6.07) is 0. The molecule has 1 aliphatic rings. The Kier molecular flexibility index (Phi) is 22.0. The number of aliphatic hydroxyl groups excluding tert-OH is 6. The van der Waals surface area contributed by atoms with Crippen molar-refractivity contribution < 1.29 is 58.7 Å². The second kappa shape index (κ2) is 22.6. The maximum Gasteiger partial charge on any atom is 0.305 e. The topological polar surface area (TPSA) is 243 Å². The lowest BCUT2D eigenvalue weighted by Crippen LogP contribution is -2.64. The number of hydrogen-bond donors (Lipinski definition) is 7. The van der Waals surface area contributed by atoms with Gasteiger partial charge >= 0.3 is 5.97 Å². The van der Waals surface area contributed by atoms with Crippen molar-refractivity contribution >= 4 is 13.8 Å². The highest BCUT2D eigenvalue weighted by Crippen LogP contribution is 2.43. The quantitative estimate of drug-likeness (QED) is 0.0400. The highest BCUT2D eigenvalue weighted by Gasteiger charge is 2.50. The zero-order valence-corrected chi connectivity index (χ0v) is 25.5. The molecule has 1 aliphatic carbocycles. The molecule has 0 aromatic rings. The van der Waals surface area contributed by atoms with Gasteiger partial charge in [0.25, 0.3) is 7.82 Å². The van der Waals surface area contributed by atoms with E-state index in [4.69, 9.17) is 4.74 Å². The lowest BCUT2D eigenvalue weighted by molar-refractivity contribution is -0.261. The summed E-state index contributed by atoms with van der Waals surface area (Å²) >= 11 is 0. The molecule has 14 heteroatoms. The summed E-state index contributed by atoms with van der Waals surface area (Å²) in [5.74, 6) is -0.534. The van der Waals surface area contributed by atoms with Crippen LogP contribution in [0.1, 0.15) is 96.8 Å². The Morgan fingerprint density at radius 2 is 1.24 bits per heavy atom. The second-order valence-electron chi connectivity index (χ2n) is 10.4. The Labute approximate surface area is 243 Å². The number of unbranched alkanes of at least 4 members (excludes halogenated alkanes) is 11. The van der Waals surface area contributed by atoms with E-state index in [-0.39, 0.29) is 12.6 Å². The van der Waals surface area contributed by atoms with Crippen molar-refractivity contribution in [3.63, 3.8) is 0 Å². The molecule has 13 nitrogen and oxygen atoms in total. The summed E-state index contributed by atoms with van der Waals surface area (Å²) in [5.41, 5.74) is 0. The monoisotopic (exact) mass is 615 g/mol. The Hall–Kier alpha value is -0.960. The Morgan fingerprint density at radius 1 is 0.780 bits per heavy atom. The zero-order valence-electron chi connectivity index (χ0n) is 24.6. The minimum atomic E-state index is -5.23. The average Bonchev–Trinajstić information content (AvgIpc) is 2.93. The van der Waals surface area contributed by atoms with Crippen molar-refractivity contribution in [2.45, 2.75) is 140 Å². The zero-order chi connectivity index (χ0) is 30.0. The van der Waals surface area contributed by atoms with Gasteiger partial charge in [0.2, 0.25) is 0 Å². The molecular weight excluding hydrogens is 561 g/mol. The van der Waals surface area contributed by atoms with Crippen LogP contribution in [-0.2, 0) is 23.1 Å². The van der Waals surface area contributed by atoms with Crippen molar-refractivity contribution in [2.24, 2.45) is 0 Å². The molecule has 1 fully saturated rings. The number of esters is 1. The van der Waals surface area contributed by atoms with Crippen LogP contribution in [0, 0.1) is 0 Å². The molecule has 1 rings (SSSR count). The molecule has 0 aromatic heterocycles. The molecule has 8 atom stereocenters. The van der Waals surface area contributed by atoms with Gasteiger partial charge in [-0.15, -0.1) is 0 Å². The standard InChI is InChI=1S/C27H51O12P.H3N/c1-2-3-4-5-6-7-8-9-10-11-12-13-14-15-16-17-21(29)37-18-20(28)19-38-40(35,36)39-27-25(33)23(31)22(30)24(32)26(27)34;/h9-10,20,22-28,30-34H,2-8,11-19H2,1H3,(H,35,36);1H3/b10-9-;/t20-,22?,23-,24?,25?,26?,27?;/m1./s1. The second-order valence-corrected chi connectivity index (χ2v) is 11.8. The van der Waals surface area contributed by atoms with E-state index in [1.807, 2.05) is 0 Å². The smallest absolute Gasteiger partial charge is 0.305 e. The molecule has 0 bridgehead atoms. The highest BCUT2D eigenvalue weighted by atomic mass is 31.2. The predicted octanol–water partition coefficient (Wildman–Crippen LogP) is 1.99. The largest absolute Gasteiger partial charge is 0.756 e. The number of aliphatic hydroxyl groups is 6. The van der Waals surface area contributed by atoms with Gasteiger partial charge in [-0.1, -0.05) is 70.4 Å². The van der Waals surface area contributed by atoms with Crippen LogP contribution in [-0.4, -0.2) is 92.5 Å². The first-order chi connectivity index (χ1) is 19.0. The third-order valence-electron chi connectivity index (χ3n) is 6.83. The van der Waals surface area contributed by atoms with Gasteiger partial charge in [0.05, 0.1) is 6.61 Å². The van der Waals surface area contributed by atoms with Gasteiger partial charge in [-0.05, 0) is 32.1 Å². The summed E-state index contributed by atoms with van der Waals surface area (Å²) < 4.78 is 26.0. The Balaban J connectivity index is 0.0000160. The van der Waals surface area contributed by atoms with Crippen molar-refractivity contribution in [1.82, 2.24) is 6.15 Å². The van der Waals surface area contributed by atoms with E-state index in [1.54, 1.807) is 0 Å². The molecular formula is C27H54NO12P. The third-order valence-corrected chi connectivity index (χ3v) is 7.80. The Morgan fingerprint density at radius 3 is 1.78 bits per heavy atom. The van der Waals surface area contributed by atoms with Gasteiger partial charge < -0.3 is 55.5 Å². The summed E-state index contributed by atoms with van der Waals surface area (Å²) in [5, 5.41) is 58.4. The van der Waals surface area contributed by atoms with Crippen LogP contribution in [0.3, 0.4) is 0 Å². The first-order valence-electron chi connectivity index (χ1n) is 14.5. The fourth-order valence-corrected chi connectivity index (χ4v) is 5.29. The summed E-state index contributed by atoms with van der Waals surface area (Å²) in [4.78, 5) is 23.9. The SMILES string of the molecule is CCCCCCCC/C=C\CCCCCCCC(=O)OC[C@@H](O)COP(=O)([O-])OC1C(O)C(O)C(O)[C@@H](O)C1O.[NH4+]. The molecule has 244 valence electrons. The summed E-state index contributed by atoms with van der Waals surface area (Å²) in [6.45, 7) is 0.872. The van der Waals surface area contributed by atoms with Crippen LogP contribution in [0.15, 0.2) is 12.2 Å². The number of phosphoric ester groups is 1. The number of carbonyl (C=O) groups excluding carboxylic acids is 1. The number of phosphoric acid groups is 1. The van der Waals surface area contributed by atoms with Gasteiger partial charge in [0, 0.05) is 6.42 Å². The maximum absolute atomic E-state index is 12.0. The number of carbonyl (C=O) groups is 1. The van der Waals surface area contributed by atoms with Gasteiger partial charge in [-0.25, -0.2) is 0 Å². The normalized spacial score (nSPS) is 26.8. The van der Waals surface area contributed by atoms with Crippen molar-refractivity contribution in [3.05, 3.63) is 12.2 Å². The van der Waals surface area contributed by atoms with E-state index in [9.17, 15) is 44.9 Å². The molecule has 0 aromatic carbocycles. The highest BCUT2D eigenvalue weighted by molar-refractivity contribution is 7.45. The fourth-order valence-electron chi connectivity index (χ4n) is 4.33. The van der Waals surface area contributed by atoms with E-state index in [0.29, 0.717) is 6.42 Å². The summed E-state index contributed by atoms with van der Waals surface area (Å²) in [7, 11) is -5.23. The van der Waals surface area contributed by atoms with Gasteiger partial charge in [-0.3, -0.25) is 9.36 Å². The molecule has 0 amide bonds. The summed E-state index contributed by atoms with van der Waals surface area (Å²) in [6.07, 6.45) is 5.99. The first-order valence-corrected chi connectivity index (χ1v) is 16.0. The number of rotatable bonds is 22. The number of quaternary nitrogens is 1. The number of allylic oxidation sites excluding steroid dienone is 2. The minimum Gasteiger partial charge on any atom is -0.756 e. The van der Waals surface area contributed by atoms with Crippen molar-refractivity contribution in [1.29, 1.82) is 0 Å². The minimum absolute atomic E-state index is 0. The van der Waals surface area contributed by atoms with Gasteiger partial charge in [-0.2, -0.15) is 0 Å². The van der Waals surface area contributed by atoms with Crippen LogP contribution in [0.4, 0.5) is 0 Å². The lowest BCUT2D eigenvalue weighted by atomic mass is 9.85.